The lowest BCUT2D eigenvalue weighted by Crippen LogP contribution is -2.25. The van der Waals surface area contributed by atoms with Gasteiger partial charge in [-0.3, -0.25) is 18.7 Å². The van der Waals surface area contributed by atoms with Crippen LogP contribution in [0.25, 0.3) is 56.2 Å². The smallest absolute Gasteiger partial charge is 0.262 e. The summed E-state index contributed by atoms with van der Waals surface area (Å²) in [5, 5.41) is 0. The summed E-state index contributed by atoms with van der Waals surface area (Å²) >= 11 is 0. The molecule has 4 heterocycles. The van der Waals surface area contributed by atoms with E-state index in [1.807, 2.05) is 6.92 Å². The number of nitrogens with one attached hydrogen (secondary N) is 2. The van der Waals surface area contributed by atoms with E-state index in [-0.39, 0.29) is 34.3 Å². The highest BCUT2D eigenvalue weighted by molar-refractivity contribution is 5.93. The molecule has 58 heavy (non-hydrogen) atoms. The third-order valence-corrected chi connectivity index (χ3v) is 12.2. The van der Waals surface area contributed by atoms with Crippen LogP contribution in [0.5, 0.6) is 0 Å². The maximum atomic E-state index is 15.3. The van der Waals surface area contributed by atoms with Crippen molar-refractivity contribution in [3.63, 3.8) is 0 Å². The molecule has 2 N–H and O–H groups in total. The fourth-order valence-electron chi connectivity index (χ4n) is 8.93. The van der Waals surface area contributed by atoms with E-state index in [1.165, 1.54) is 94.9 Å². The maximum absolute atomic E-state index is 15.3. The molecular formula is C48H66F2N6O2. The van der Waals surface area contributed by atoms with Crippen LogP contribution in [0.3, 0.4) is 0 Å². The van der Waals surface area contributed by atoms with Crippen LogP contribution in [0, 0.1) is 11.6 Å². The second-order valence-corrected chi connectivity index (χ2v) is 16.8. The third-order valence-electron chi connectivity index (χ3n) is 12.2. The first-order chi connectivity index (χ1) is 28.3. The summed E-state index contributed by atoms with van der Waals surface area (Å²) < 4.78 is 32.7. The lowest BCUT2D eigenvalue weighted by molar-refractivity contribution is 0.392. The van der Waals surface area contributed by atoms with Crippen molar-refractivity contribution >= 4 is 22.1 Å². The molecule has 2 atom stereocenters. The zero-order valence-corrected chi connectivity index (χ0v) is 35.5. The molecule has 314 valence electrons. The number of H-pyrrole nitrogens is 2. The highest BCUT2D eigenvalue weighted by Crippen LogP contribution is 2.40. The second-order valence-electron chi connectivity index (χ2n) is 16.8. The summed E-state index contributed by atoms with van der Waals surface area (Å²) in [5.41, 5.74) is 2.76. The van der Waals surface area contributed by atoms with Gasteiger partial charge in [0.05, 0.1) is 44.6 Å². The Morgan fingerprint density at radius 1 is 0.534 bits per heavy atom. The normalized spacial score (nSPS) is 13.1. The number of hydrogen-bond acceptors (Lipinski definition) is 4. The molecule has 0 amide bonds. The SMILES string of the molecule is CCCCCCCCCCC(C)n1c2nc3cc(F)ccc3[nH]c-2c(-c2c3[nH]c4ccc(F)cc4nc-3n(C(CCCCC)CCCCCCCCCC)c2=O)c1=O. The Morgan fingerprint density at radius 2 is 0.914 bits per heavy atom. The summed E-state index contributed by atoms with van der Waals surface area (Å²) in [7, 11) is 0. The number of benzene rings is 2. The van der Waals surface area contributed by atoms with Crippen molar-refractivity contribution in [2.24, 2.45) is 0 Å². The number of nitrogens with zero attached hydrogens (tertiary/aromatic N) is 4. The van der Waals surface area contributed by atoms with Gasteiger partial charge < -0.3 is 9.97 Å². The Morgan fingerprint density at radius 3 is 1.40 bits per heavy atom. The number of unbranched alkanes of at least 4 members (excludes halogenated alkanes) is 16. The fourth-order valence-corrected chi connectivity index (χ4v) is 8.93. The Hall–Kier alpha value is -4.34. The van der Waals surface area contributed by atoms with Crippen LogP contribution in [0.2, 0.25) is 0 Å². The minimum atomic E-state index is -0.417. The van der Waals surface area contributed by atoms with E-state index in [2.05, 4.69) is 30.7 Å². The zero-order valence-electron chi connectivity index (χ0n) is 35.5. The molecule has 0 aromatic heterocycles. The third kappa shape index (κ3) is 10.1. The minimum Gasteiger partial charge on any atom is -0.350 e. The summed E-state index contributed by atoms with van der Waals surface area (Å²) in [5.74, 6) is 0.00755. The molecule has 4 aliphatic rings. The fraction of sp³-hybridized carbons (Fsp3) is 0.583. The largest absolute Gasteiger partial charge is 0.350 e. The van der Waals surface area contributed by atoms with E-state index in [0.29, 0.717) is 45.1 Å². The molecule has 6 rings (SSSR count). The molecule has 4 aliphatic heterocycles. The predicted molar refractivity (Wildman–Crippen MR) is 235 cm³/mol. The molecule has 0 fully saturated rings. The molecule has 0 radical (unpaired) electrons. The first kappa shape index (κ1) is 43.2. The number of rotatable bonds is 25. The monoisotopic (exact) mass is 797 g/mol. The van der Waals surface area contributed by atoms with Gasteiger partial charge in [-0.15, -0.1) is 0 Å². The van der Waals surface area contributed by atoms with E-state index in [0.717, 1.165) is 70.6 Å². The molecule has 0 saturated carbocycles. The number of halogens is 2. The average molecular weight is 797 g/mol. The van der Waals surface area contributed by atoms with Crippen LogP contribution in [-0.2, 0) is 0 Å². The molecule has 2 aromatic carbocycles. The van der Waals surface area contributed by atoms with E-state index in [9.17, 15) is 8.78 Å². The standard InChI is InChI=1S/C48H66F2N6O2/c1-5-8-11-13-15-17-19-22-24-33(4)55-45-43(51-37-29-27-34(49)31-39(37)53-45)41(47(55)57)42-44-46(54-40-32-35(50)28-30-38(40)52-44)56(48(42)58)36(25-21-10-7-3)26-23-20-18-16-14-12-9-6-2/h27-33,36,51-52H,5-26H2,1-4H3. The quantitative estimate of drug-likeness (QED) is 0.0563. The number of aromatic amines is 2. The van der Waals surface area contributed by atoms with Crippen molar-refractivity contribution in [3.8, 4) is 34.2 Å². The minimum absolute atomic E-state index is 0.141. The Labute approximate surface area is 343 Å². The van der Waals surface area contributed by atoms with Gasteiger partial charge in [0.2, 0.25) is 0 Å². The van der Waals surface area contributed by atoms with E-state index < -0.39 is 11.6 Å². The second kappa shape index (κ2) is 21.1. The first-order valence-electron chi connectivity index (χ1n) is 22.7. The molecule has 0 bridgehead atoms. The first-order valence-corrected chi connectivity index (χ1v) is 22.7. The Kier molecular flexibility index (Phi) is 15.7. The maximum Gasteiger partial charge on any atom is 0.262 e. The summed E-state index contributed by atoms with van der Waals surface area (Å²) in [6.45, 7) is 8.68. The van der Waals surface area contributed by atoms with Gasteiger partial charge in [-0.1, -0.05) is 143 Å². The molecule has 0 saturated heterocycles. The highest BCUT2D eigenvalue weighted by atomic mass is 19.1. The Balaban J connectivity index is 1.45. The highest BCUT2D eigenvalue weighted by Gasteiger charge is 2.36. The lowest BCUT2D eigenvalue weighted by atomic mass is 10.0. The Bertz CT molecular complexity index is 2270. The van der Waals surface area contributed by atoms with Gasteiger partial charge in [0, 0.05) is 24.2 Å². The van der Waals surface area contributed by atoms with Crippen LogP contribution >= 0.6 is 0 Å². The van der Waals surface area contributed by atoms with Gasteiger partial charge in [0.25, 0.3) is 11.1 Å². The molecule has 10 heteroatoms. The van der Waals surface area contributed by atoms with Crippen molar-refractivity contribution in [2.45, 2.75) is 181 Å². The van der Waals surface area contributed by atoms with Crippen molar-refractivity contribution in [1.29, 1.82) is 0 Å². The predicted octanol–water partition coefficient (Wildman–Crippen LogP) is 13.7. The summed E-state index contributed by atoms with van der Waals surface area (Å²) in [4.78, 5) is 47.1. The van der Waals surface area contributed by atoms with Crippen LogP contribution in [0.15, 0.2) is 46.0 Å². The zero-order chi connectivity index (χ0) is 41.0. The lowest BCUT2D eigenvalue weighted by Gasteiger charge is -2.20. The molecular weight excluding hydrogens is 731 g/mol. The number of fused-ring (bicyclic) bond motifs is 4. The topological polar surface area (TPSA) is 101 Å². The number of aromatic nitrogens is 6. The van der Waals surface area contributed by atoms with Crippen molar-refractivity contribution < 1.29 is 8.78 Å². The average Bonchev–Trinajstić information content (AvgIpc) is 3.64. The van der Waals surface area contributed by atoms with Gasteiger partial charge in [-0.05, 0) is 50.5 Å². The van der Waals surface area contributed by atoms with Crippen LogP contribution in [0.4, 0.5) is 8.78 Å². The van der Waals surface area contributed by atoms with E-state index in [1.54, 1.807) is 21.3 Å². The molecule has 2 aromatic rings. The molecule has 0 aliphatic carbocycles. The van der Waals surface area contributed by atoms with Gasteiger partial charge >= 0.3 is 0 Å². The van der Waals surface area contributed by atoms with Crippen molar-refractivity contribution in [2.75, 3.05) is 0 Å². The molecule has 8 nitrogen and oxygen atoms in total. The van der Waals surface area contributed by atoms with Crippen molar-refractivity contribution in [3.05, 3.63) is 68.7 Å². The van der Waals surface area contributed by atoms with Crippen molar-refractivity contribution in [1.82, 2.24) is 29.1 Å². The van der Waals surface area contributed by atoms with Gasteiger partial charge in [-0.25, -0.2) is 18.7 Å². The number of hydrogen-bond donors (Lipinski definition) is 2. The van der Waals surface area contributed by atoms with Crippen LogP contribution < -0.4 is 11.1 Å². The molecule has 2 unspecified atom stereocenters. The van der Waals surface area contributed by atoms with Gasteiger partial charge in [0.15, 0.2) is 11.6 Å². The molecule has 0 spiro atoms. The summed E-state index contributed by atoms with van der Waals surface area (Å²) in [6.07, 6.45) is 24.4. The van der Waals surface area contributed by atoms with Crippen LogP contribution in [0.1, 0.15) is 181 Å². The van der Waals surface area contributed by atoms with Crippen LogP contribution in [-0.4, -0.2) is 29.1 Å². The van der Waals surface area contributed by atoms with Gasteiger partial charge in [-0.2, -0.15) is 0 Å². The van der Waals surface area contributed by atoms with E-state index in [4.69, 9.17) is 9.97 Å². The van der Waals surface area contributed by atoms with E-state index >= 15 is 9.59 Å². The van der Waals surface area contributed by atoms with Gasteiger partial charge in [0.1, 0.15) is 11.6 Å². The summed E-state index contributed by atoms with van der Waals surface area (Å²) in [6, 6.07) is 8.39.